The van der Waals surface area contributed by atoms with Crippen molar-refractivity contribution in [1.29, 1.82) is 0 Å². The standard InChI is InChI=1S/C7H11NO2/c9-6-8-4-3-7-2-1-5-10-7/h7H,1-5H2/t7-/m0/s1. The molecule has 0 aromatic rings. The Morgan fingerprint density at radius 2 is 2.60 bits per heavy atom. The van der Waals surface area contributed by atoms with Gasteiger partial charge in [0.1, 0.15) is 0 Å². The average Bonchev–Trinajstić information content (AvgIpc) is 2.41. The maximum atomic E-state index is 9.65. The minimum Gasteiger partial charge on any atom is -0.378 e. The zero-order valence-electron chi connectivity index (χ0n) is 5.88. The highest BCUT2D eigenvalue weighted by atomic mass is 16.5. The van der Waals surface area contributed by atoms with E-state index in [1.165, 1.54) is 6.08 Å². The van der Waals surface area contributed by atoms with Crippen LogP contribution >= 0.6 is 0 Å². The van der Waals surface area contributed by atoms with Crippen molar-refractivity contribution < 1.29 is 9.53 Å². The Labute approximate surface area is 60.1 Å². The van der Waals surface area contributed by atoms with Gasteiger partial charge in [0.05, 0.1) is 12.6 Å². The maximum absolute atomic E-state index is 9.65. The predicted octanol–water partition coefficient (Wildman–Crippen LogP) is 0.891. The second-order valence-electron chi connectivity index (χ2n) is 2.40. The first-order chi connectivity index (χ1) is 4.93. The highest BCUT2D eigenvalue weighted by Crippen LogP contribution is 2.14. The Morgan fingerprint density at radius 3 is 3.20 bits per heavy atom. The Kier molecular flexibility index (Phi) is 3.13. The van der Waals surface area contributed by atoms with Crippen LogP contribution in [0.2, 0.25) is 0 Å². The molecule has 0 aliphatic carbocycles. The van der Waals surface area contributed by atoms with E-state index in [9.17, 15) is 4.79 Å². The summed E-state index contributed by atoms with van der Waals surface area (Å²) in [5.41, 5.74) is 0. The van der Waals surface area contributed by atoms with E-state index in [4.69, 9.17) is 4.74 Å². The predicted molar refractivity (Wildman–Crippen MR) is 36.6 cm³/mol. The molecule has 1 atom stereocenters. The van der Waals surface area contributed by atoms with E-state index in [2.05, 4.69) is 4.99 Å². The van der Waals surface area contributed by atoms with Crippen LogP contribution in [0.5, 0.6) is 0 Å². The number of hydrogen-bond donors (Lipinski definition) is 0. The lowest BCUT2D eigenvalue weighted by molar-refractivity contribution is 0.106. The summed E-state index contributed by atoms with van der Waals surface area (Å²) in [5.74, 6) is 0. The van der Waals surface area contributed by atoms with Gasteiger partial charge in [-0.25, -0.2) is 9.79 Å². The van der Waals surface area contributed by atoms with Crippen LogP contribution in [0, 0.1) is 0 Å². The van der Waals surface area contributed by atoms with Gasteiger partial charge < -0.3 is 4.74 Å². The molecule has 3 heteroatoms. The molecular weight excluding hydrogens is 130 g/mol. The molecule has 0 saturated carbocycles. The third kappa shape index (κ3) is 2.29. The molecule has 0 bridgehead atoms. The molecule has 0 radical (unpaired) electrons. The van der Waals surface area contributed by atoms with Gasteiger partial charge in [0, 0.05) is 6.61 Å². The monoisotopic (exact) mass is 141 g/mol. The average molecular weight is 141 g/mol. The van der Waals surface area contributed by atoms with Crippen molar-refractivity contribution in [3.63, 3.8) is 0 Å². The molecular formula is C7H11NO2. The maximum Gasteiger partial charge on any atom is 0.234 e. The zero-order valence-corrected chi connectivity index (χ0v) is 5.88. The fourth-order valence-corrected chi connectivity index (χ4v) is 1.13. The molecule has 56 valence electrons. The van der Waals surface area contributed by atoms with Crippen molar-refractivity contribution in [2.24, 2.45) is 4.99 Å². The number of carbonyl (C=O) groups excluding carboxylic acids is 1. The van der Waals surface area contributed by atoms with Gasteiger partial charge in [-0.15, -0.1) is 0 Å². The Morgan fingerprint density at radius 1 is 1.70 bits per heavy atom. The zero-order chi connectivity index (χ0) is 7.23. The Hall–Kier alpha value is -0.660. The lowest BCUT2D eigenvalue weighted by atomic mass is 10.2. The molecule has 3 nitrogen and oxygen atoms in total. The van der Waals surface area contributed by atoms with Crippen molar-refractivity contribution in [2.75, 3.05) is 13.2 Å². The topological polar surface area (TPSA) is 38.7 Å². The van der Waals surface area contributed by atoms with Crippen molar-refractivity contribution in [3.05, 3.63) is 0 Å². The summed E-state index contributed by atoms with van der Waals surface area (Å²) in [6.45, 7) is 1.43. The molecule has 0 N–H and O–H groups in total. The molecule has 1 heterocycles. The molecule has 0 aromatic carbocycles. The summed E-state index contributed by atoms with van der Waals surface area (Å²) in [6, 6.07) is 0. The van der Waals surface area contributed by atoms with Crippen LogP contribution in [0.1, 0.15) is 19.3 Å². The van der Waals surface area contributed by atoms with Crippen molar-refractivity contribution >= 4 is 6.08 Å². The van der Waals surface area contributed by atoms with Crippen molar-refractivity contribution in [3.8, 4) is 0 Å². The van der Waals surface area contributed by atoms with Crippen LogP contribution in [-0.2, 0) is 9.53 Å². The fourth-order valence-electron chi connectivity index (χ4n) is 1.13. The number of isocyanates is 1. The van der Waals surface area contributed by atoms with Crippen LogP contribution in [0.15, 0.2) is 4.99 Å². The van der Waals surface area contributed by atoms with E-state index in [-0.39, 0.29) is 0 Å². The lowest BCUT2D eigenvalue weighted by Crippen LogP contribution is -2.05. The molecule has 1 rings (SSSR count). The third-order valence-electron chi connectivity index (χ3n) is 1.65. The molecule has 0 spiro atoms. The molecule has 1 aliphatic heterocycles. The van der Waals surface area contributed by atoms with Crippen LogP contribution < -0.4 is 0 Å². The SMILES string of the molecule is O=C=NCC[C@@H]1CCCO1. The van der Waals surface area contributed by atoms with Crippen molar-refractivity contribution in [2.45, 2.75) is 25.4 Å². The summed E-state index contributed by atoms with van der Waals surface area (Å²) in [5, 5.41) is 0. The van der Waals surface area contributed by atoms with Crippen LogP contribution in [0.3, 0.4) is 0 Å². The number of ether oxygens (including phenoxy) is 1. The number of hydrogen-bond acceptors (Lipinski definition) is 3. The van der Waals surface area contributed by atoms with E-state index in [1.54, 1.807) is 0 Å². The van der Waals surface area contributed by atoms with Crippen LogP contribution in [-0.4, -0.2) is 25.3 Å². The number of aliphatic imine (C=N–C) groups is 1. The quantitative estimate of drug-likeness (QED) is 0.432. The van der Waals surface area contributed by atoms with Gasteiger partial charge in [0.15, 0.2) is 0 Å². The molecule has 1 saturated heterocycles. The molecule has 0 aromatic heterocycles. The smallest absolute Gasteiger partial charge is 0.234 e. The molecule has 10 heavy (non-hydrogen) atoms. The second kappa shape index (κ2) is 4.20. The van der Waals surface area contributed by atoms with Gasteiger partial charge >= 0.3 is 0 Å². The van der Waals surface area contributed by atoms with Gasteiger partial charge in [0.25, 0.3) is 0 Å². The number of rotatable bonds is 3. The Balaban J connectivity index is 2.06. The minimum atomic E-state index is 0.345. The van der Waals surface area contributed by atoms with Gasteiger partial charge in [-0.1, -0.05) is 0 Å². The van der Waals surface area contributed by atoms with Crippen molar-refractivity contribution in [1.82, 2.24) is 0 Å². The van der Waals surface area contributed by atoms with Crippen LogP contribution in [0.25, 0.3) is 0 Å². The second-order valence-corrected chi connectivity index (χ2v) is 2.40. The number of nitrogens with zero attached hydrogens (tertiary/aromatic N) is 1. The highest BCUT2D eigenvalue weighted by Gasteiger charge is 2.13. The third-order valence-corrected chi connectivity index (χ3v) is 1.65. The van der Waals surface area contributed by atoms with E-state index >= 15 is 0 Å². The summed E-state index contributed by atoms with van der Waals surface area (Å²) >= 11 is 0. The molecule has 1 aliphatic rings. The van der Waals surface area contributed by atoms with Gasteiger partial charge in [-0.2, -0.15) is 0 Å². The highest BCUT2D eigenvalue weighted by molar-refractivity contribution is 5.32. The fraction of sp³-hybridized carbons (Fsp3) is 0.857. The largest absolute Gasteiger partial charge is 0.378 e. The Bertz CT molecular complexity index is 135. The first-order valence-electron chi connectivity index (χ1n) is 3.58. The first kappa shape index (κ1) is 7.45. The molecule has 1 fully saturated rings. The minimum absolute atomic E-state index is 0.345. The summed E-state index contributed by atoms with van der Waals surface area (Å²) in [7, 11) is 0. The summed E-state index contributed by atoms with van der Waals surface area (Å²) < 4.78 is 5.31. The van der Waals surface area contributed by atoms with E-state index in [0.717, 1.165) is 25.9 Å². The molecule has 0 amide bonds. The molecule has 0 unspecified atom stereocenters. The van der Waals surface area contributed by atoms with Gasteiger partial charge in [0.2, 0.25) is 6.08 Å². The first-order valence-corrected chi connectivity index (χ1v) is 3.58. The summed E-state index contributed by atoms with van der Waals surface area (Å²) in [4.78, 5) is 13.1. The normalized spacial score (nSPS) is 24.2. The van der Waals surface area contributed by atoms with Gasteiger partial charge in [-0.05, 0) is 19.3 Å². The van der Waals surface area contributed by atoms with Gasteiger partial charge in [-0.3, -0.25) is 0 Å². The van der Waals surface area contributed by atoms with Crippen LogP contribution in [0.4, 0.5) is 0 Å². The summed E-state index contributed by atoms with van der Waals surface area (Å²) in [6.07, 6.45) is 4.99. The van der Waals surface area contributed by atoms with E-state index < -0.39 is 0 Å². The lowest BCUT2D eigenvalue weighted by Gasteiger charge is -2.04. The van der Waals surface area contributed by atoms with E-state index in [0.29, 0.717) is 12.6 Å². The van der Waals surface area contributed by atoms with E-state index in [1.807, 2.05) is 0 Å².